The fourth-order valence-electron chi connectivity index (χ4n) is 2.00. The number of amides is 1. The molecule has 0 fully saturated rings. The lowest BCUT2D eigenvalue weighted by molar-refractivity contribution is 0.102. The number of benzene rings is 2. The van der Waals surface area contributed by atoms with E-state index < -0.39 is 21.7 Å². The van der Waals surface area contributed by atoms with Gasteiger partial charge >= 0.3 is 0 Å². The Morgan fingerprint density at radius 1 is 1.17 bits per heavy atom. The van der Waals surface area contributed by atoms with Crippen LogP contribution in [0.1, 0.15) is 15.9 Å². The Morgan fingerprint density at radius 2 is 1.83 bits per heavy atom. The molecule has 8 heteroatoms. The quantitative estimate of drug-likeness (QED) is 0.833. The normalized spacial score (nSPS) is 11.6. The molecule has 2 rings (SSSR count). The number of hydrogen-bond donors (Lipinski definition) is 1. The van der Waals surface area contributed by atoms with E-state index >= 15 is 0 Å². The lowest BCUT2D eigenvalue weighted by Gasteiger charge is -2.14. The number of hydrogen-bond acceptors (Lipinski definition) is 3. The minimum absolute atomic E-state index is 0.00372. The number of carbonyl (C=O) groups is 1. The third-order valence-corrected chi connectivity index (χ3v) is 6.20. The summed E-state index contributed by atoms with van der Waals surface area (Å²) in [5, 5.41) is 2.65. The van der Waals surface area contributed by atoms with Gasteiger partial charge in [-0.25, -0.2) is 17.1 Å². The number of halogens is 2. The molecule has 0 aliphatic heterocycles. The minimum Gasteiger partial charge on any atom is -0.322 e. The second-order valence-electron chi connectivity index (χ2n) is 5.35. The predicted octanol–water partition coefficient (Wildman–Crippen LogP) is 3.40. The molecule has 2 aromatic rings. The summed E-state index contributed by atoms with van der Waals surface area (Å²) in [5.41, 5.74) is 1.21. The first-order valence-corrected chi connectivity index (χ1v) is 9.16. The zero-order chi connectivity index (χ0) is 18.1. The van der Waals surface area contributed by atoms with E-state index in [9.17, 15) is 17.6 Å². The van der Waals surface area contributed by atoms with E-state index in [2.05, 4.69) is 21.2 Å². The molecule has 0 aliphatic rings. The summed E-state index contributed by atoms with van der Waals surface area (Å²) in [7, 11) is -0.867. The van der Waals surface area contributed by atoms with E-state index in [-0.39, 0.29) is 10.5 Å². The van der Waals surface area contributed by atoms with Crippen LogP contribution in [0.5, 0.6) is 0 Å². The number of aryl methyl sites for hydroxylation is 1. The average molecular weight is 415 g/mol. The fourth-order valence-corrected chi connectivity index (χ4v) is 3.84. The van der Waals surface area contributed by atoms with E-state index in [1.54, 1.807) is 6.92 Å². The van der Waals surface area contributed by atoms with Crippen molar-refractivity contribution in [2.75, 3.05) is 19.4 Å². The van der Waals surface area contributed by atoms with Gasteiger partial charge in [-0.05, 0) is 64.8 Å². The van der Waals surface area contributed by atoms with Gasteiger partial charge in [0.2, 0.25) is 10.0 Å². The first-order valence-electron chi connectivity index (χ1n) is 6.92. The molecule has 0 heterocycles. The molecule has 128 valence electrons. The number of anilines is 1. The Kier molecular flexibility index (Phi) is 5.42. The third kappa shape index (κ3) is 3.82. The van der Waals surface area contributed by atoms with Gasteiger partial charge in [0.1, 0.15) is 5.82 Å². The maximum absolute atomic E-state index is 13.1. The Hall–Kier alpha value is -1.77. The van der Waals surface area contributed by atoms with E-state index in [1.807, 2.05) is 0 Å². The van der Waals surface area contributed by atoms with Gasteiger partial charge in [0.25, 0.3) is 5.91 Å². The van der Waals surface area contributed by atoms with E-state index in [1.165, 1.54) is 50.5 Å². The summed E-state index contributed by atoms with van der Waals surface area (Å²) in [6.07, 6.45) is 0. The number of carbonyl (C=O) groups excluding carboxylic acids is 1. The summed E-state index contributed by atoms with van der Waals surface area (Å²) < 4.78 is 39.2. The molecule has 5 nitrogen and oxygen atoms in total. The molecule has 0 saturated heterocycles. The molecule has 0 atom stereocenters. The Balaban J connectivity index is 2.37. The molecule has 2 aromatic carbocycles. The third-order valence-electron chi connectivity index (χ3n) is 3.39. The highest BCUT2D eigenvalue weighted by Crippen LogP contribution is 2.26. The van der Waals surface area contributed by atoms with Crippen molar-refractivity contribution in [2.24, 2.45) is 0 Å². The van der Waals surface area contributed by atoms with Crippen LogP contribution in [0, 0.1) is 12.7 Å². The van der Waals surface area contributed by atoms with Crippen molar-refractivity contribution >= 4 is 37.5 Å². The van der Waals surface area contributed by atoms with E-state index in [0.717, 1.165) is 4.31 Å². The molecule has 0 unspecified atom stereocenters. The maximum Gasteiger partial charge on any atom is 0.255 e. The summed E-state index contributed by atoms with van der Waals surface area (Å²) >= 11 is 3.19. The first kappa shape index (κ1) is 18.6. The topological polar surface area (TPSA) is 66.5 Å². The first-order chi connectivity index (χ1) is 11.1. The molecule has 1 N–H and O–H groups in total. The van der Waals surface area contributed by atoms with Crippen LogP contribution in [-0.2, 0) is 10.0 Å². The molecule has 0 bridgehead atoms. The average Bonchev–Trinajstić information content (AvgIpc) is 2.50. The van der Waals surface area contributed by atoms with Crippen molar-refractivity contribution in [3.05, 3.63) is 57.8 Å². The van der Waals surface area contributed by atoms with Gasteiger partial charge in [-0.1, -0.05) is 0 Å². The number of nitrogens with zero attached hydrogens (tertiary/aromatic N) is 1. The number of rotatable bonds is 4. The fraction of sp³-hybridized carbons (Fsp3) is 0.188. The van der Waals surface area contributed by atoms with Crippen LogP contribution < -0.4 is 5.32 Å². The van der Waals surface area contributed by atoms with Crippen molar-refractivity contribution in [1.82, 2.24) is 4.31 Å². The van der Waals surface area contributed by atoms with E-state index in [4.69, 9.17) is 0 Å². The number of nitrogens with one attached hydrogen (secondary N) is 1. The Bertz CT molecular complexity index is 898. The highest BCUT2D eigenvalue weighted by Gasteiger charge is 2.22. The molecule has 0 aromatic heterocycles. The van der Waals surface area contributed by atoms with Crippen molar-refractivity contribution in [2.45, 2.75) is 11.8 Å². The molecular formula is C16H16BrFN2O3S. The Labute approximate surface area is 148 Å². The molecule has 0 spiro atoms. The van der Waals surface area contributed by atoms with Gasteiger partial charge in [0, 0.05) is 29.8 Å². The molecule has 0 saturated carbocycles. The largest absolute Gasteiger partial charge is 0.322 e. The van der Waals surface area contributed by atoms with Crippen molar-refractivity contribution in [3.63, 3.8) is 0 Å². The van der Waals surface area contributed by atoms with Crippen LogP contribution in [0.3, 0.4) is 0 Å². The molecule has 0 radical (unpaired) electrons. The summed E-state index contributed by atoms with van der Waals surface area (Å²) in [6, 6.07) is 8.31. The van der Waals surface area contributed by atoms with Crippen molar-refractivity contribution < 1.29 is 17.6 Å². The lowest BCUT2D eigenvalue weighted by atomic mass is 10.1. The highest BCUT2D eigenvalue weighted by molar-refractivity contribution is 9.10. The second kappa shape index (κ2) is 7.00. The second-order valence-corrected chi connectivity index (χ2v) is 8.32. The standard InChI is InChI=1S/C16H16BrFN2O3S/c1-10-8-12(18)5-7-14(10)19-16(21)11-4-6-13(17)15(9-11)24(22,23)20(2)3/h4-9H,1-3H3,(H,19,21). The molecular weight excluding hydrogens is 399 g/mol. The number of sulfonamides is 1. The van der Waals surface area contributed by atoms with Gasteiger partial charge in [-0.3, -0.25) is 4.79 Å². The van der Waals surface area contributed by atoms with Crippen LogP contribution in [0.15, 0.2) is 45.8 Å². The van der Waals surface area contributed by atoms with Gasteiger partial charge in [0.05, 0.1) is 4.90 Å². The van der Waals surface area contributed by atoms with Crippen LogP contribution in [0.4, 0.5) is 10.1 Å². The summed E-state index contributed by atoms with van der Waals surface area (Å²) in [4.78, 5) is 12.4. The van der Waals surface area contributed by atoms with Gasteiger partial charge in [-0.2, -0.15) is 0 Å². The summed E-state index contributed by atoms with van der Waals surface area (Å²) in [6.45, 7) is 1.67. The van der Waals surface area contributed by atoms with Crippen LogP contribution in [0.2, 0.25) is 0 Å². The van der Waals surface area contributed by atoms with Crippen LogP contribution >= 0.6 is 15.9 Å². The zero-order valence-electron chi connectivity index (χ0n) is 13.3. The smallest absolute Gasteiger partial charge is 0.255 e. The molecule has 24 heavy (non-hydrogen) atoms. The Morgan fingerprint density at radius 3 is 2.42 bits per heavy atom. The highest BCUT2D eigenvalue weighted by atomic mass is 79.9. The molecule has 1 amide bonds. The van der Waals surface area contributed by atoms with Crippen molar-refractivity contribution in [1.29, 1.82) is 0 Å². The van der Waals surface area contributed by atoms with Gasteiger partial charge in [-0.15, -0.1) is 0 Å². The van der Waals surface area contributed by atoms with E-state index in [0.29, 0.717) is 15.7 Å². The zero-order valence-corrected chi connectivity index (χ0v) is 15.7. The summed E-state index contributed by atoms with van der Waals surface area (Å²) in [5.74, 6) is -0.874. The SMILES string of the molecule is Cc1cc(F)ccc1NC(=O)c1ccc(Br)c(S(=O)(=O)N(C)C)c1. The van der Waals surface area contributed by atoms with Gasteiger partial charge < -0.3 is 5.32 Å². The maximum atomic E-state index is 13.1. The van der Waals surface area contributed by atoms with Gasteiger partial charge in [0.15, 0.2) is 0 Å². The van der Waals surface area contributed by atoms with Crippen LogP contribution in [-0.4, -0.2) is 32.7 Å². The molecule has 0 aliphatic carbocycles. The monoisotopic (exact) mass is 414 g/mol. The minimum atomic E-state index is -3.69. The predicted molar refractivity (Wildman–Crippen MR) is 94.1 cm³/mol. The van der Waals surface area contributed by atoms with Crippen LogP contribution in [0.25, 0.3) is 0 Å². The lowest BCUT2D eigenvalue weighted by Crippen LogP contribution is -2.23. The van der Waals surface area contributed by atoms with Crippen molar-refractivity contribution in [3.8, 4) is 0 Å².